The van der Waals surface area contributed by atoms with Crippen molar-refractivity contribution in [3.8, 4) is 16.9 Å². The Labute approximate surface area is 232 Å². The summed E-state index contributed by atoms with van der Waals surface area (Å²) in [5, 5.41) is 27.0. The number of aromatic carboxylic acids is 1. The molecule has 2 aromatic heterocycles. The summed E-state index contributed by atoms with van der Waals surface area (Å²) in [6.45, 7) is 0. The van der Waals surface area contributed by atoms with Gasteiger partial charge >= 0.3 is 5.97 Å². The number of amides is 2. The molecule has 0 spiro atoms. The zero-order valence-corrected chi connectivity index (χ0v) is 21.7. The molecule has 2 amide bonds. The molecule has 0 fully saturated rings. The number of aromatic nitrogens is 6. The van der Waals surface area contributed by atoms with Gasteiger partial charge in [0.05, 0.1) is 34.9 Å². The van der Waals surface area contributed by atoms with Gasteiger partial charge in [-0.3, -0.25) is 9.59 Å². The van der Waals surface area contributed by atoms with Crippen LogP contribution in [0.4, 0.5) is 5.69 Å². The number of carbonyl (C=O) groups excluding carboxylic acids is 2. The maximum absolute atomic E-state index is 13.0. The molecule has 202 valence electrons. The molecule has 2 aromatic carbocycles. The van der Waals surface area contributed by atoms with Crippen LogP contribution in [0.15, 0.2) is 67.2 Å². The second-order valence-electron chi connectivity index (χ2n) is 8.89. The van der Waals surface area contributed by atoms with Gasteiger partial charge in [-0.25, -0.2) is 9.78 Å². The number of carboxylic acid groups (broad SMARTS) is 1. The quantitative estimate of drug-likeness (QED) is 0.211. The SMILES string of the molecule is O=C(C=Cc1cc(Cl)ccc1-n1cnnn1)N[C@H]1CC=CCCC(=O)Nc2ccc(C(=O)O)cc2-c2cnc1[nH]2. The Hall–Kier alpha value is -5.10. The van der Waals surface area contributed by atoms with Crippen LogP contribution >= 0.6 is 11.6 Å². The highest BCUT2D eigenvalue weighted by molar-refractivity contribution is 6.30. The number of carboxylic acids is 1. The van der Waals surface area contributed by atoms with E-state index in [4.69, 9.17) is 11.6 Å². The van der Waals surface area contributed by atoms with E-state index in [9.17, 15) is 19.5 Å². The van der Waals surface area contributed by atoms with Crippen molar-refractivity contribution in [1.82, 2.24) is 35.5 Å². The first-order valence-electron chi connectivity index (χ1n) is 12.3. The van der Waals surface area contributed by atoms with Gasteiger partial charge in [0.2, 0.25) is 11.8 Å². The van der Waals surface area contributed by atoms with Crippen molar-refractivity contribution in [2.75, 3.05) is 5.32 Å². The van der Waals surface area contributed by atoms with Crippen molar-refractivity contribution in [2.45, 2.75) is 25.3 Å². The van der Waals surface area contributed by atoms with Crippen LogP contribution in [-0.4, -0.2) is 53.1 Å². The summed E-state index contributed by atoms with van der Waals surface area (Å²) in [6.07, 6.45) is 10.9. The lowest BCUT2D eigenvalue weighted by atomic mass is 10.1. The lowest BCUT2D eigenvalue weighted by Crippen LogP contribution is -2.27. The minimum absolute atomic E-state index is 0.0622. The number of anilines is 1. The predicted octanol–water partition coefficient (Wildman–Crippen LogP) is 3.95. The average Bonchev–Trinajstić information content (AvgIpc) is 3.64. The Kier molecular flexibility index (Phi) is 7.78. The van der Waals surface area contributed by atoms with Gasteiger partial charge in [-0.15, -0.1) is 5.10 Å². The Bertz CT molecular complexity index is 1630. The maximum atomic E-state index is 13.0. The highest BCUT2D eigenvalue weighted by atomic mass is 35.5. The molecule has 0 unspecified atom stereocenters. The number of carbonyl (C=O) groups is 3. The molecule has 0 saturated heterocycles. The number of allylic oxidation sites excluding steroid dienone is 1. The van der Waals surface area contributed by atoms with Gasteiger partial charge in [-0.05, 0) is 65.7 Å². The number of halogens is 1. The van der Waals surface area contributed by atoms with E-state index in [1.54, 1.807) is 36.5 Å². The fraction of sp³-hybridized carbons (Fsp3) is 0.148. The highest BCUT2D eigenvalue weighted by Crippen LogP contribution is 2.30. The van der Waals surface area contributed by atoms with Gasteiger partial charge in [0.15, 0.2) is 0 Å². The summed E-state index contributed by atoms with van der Waals surface area (Å²) in [6, 6.07) is 9.06. The van der Waals surface area contributed by atoms with Crippen molar-refractivity contribution >= 4 is 41.1 Å². The van der Waals surface area contributed by atoms with Gasteiger partial charge in [0, 0.05) is 28.6 Å². The van der Waals surface area contributed by atoms with Gasteiger partial charge in [0.1, 0.15) is 12.2 Å². The van der Waals surface area contributed by atoms with Crippen LogP contribution in [0, 0.1) is 0 Å². The molecular formula is C27H23ClN8O4. The van der Waals surface area contributed by atoms with E-state index in [1.807, 2.05) is 12.2 Å². The molecule has 12 nitrogen and oxygen atoms in total. The number of benzene rings is 2. The summed E-state index contributed by atoms with van der Waals surface area (Å²) in [5.41, 5.74) is 2.76. The zero-order chi connectivity index (χ0) is 28.1. The molecule has 1 aliphatic heterocycles. The van der Waals surface area contributed by atoms with Crippen LogP contribution in [0.2, 0.25) is 5.02 Å². The number of nitrogens with zero attached hydrogens (tertiary/aromatic N) is 5. The van der Waals surface area contributed by atoms with E-state index in [0.717, 1.165) is 0 Å². The minimum Gasteiger partial charge on any atom is -0.478 e. The number of hydrogen-bond donors (Lipinski definition) is 4. The Morgan fingerprint density at radius 3 is 2.85 bits per heavy atom. The fourth-order valence-corrected chi connectivity index (χ4v) is 4.38. The van der Waals surface area contributed by atoms with Crippen molar-refractivity contribution in [3.05, 3.63) is 89.1 Å². The number of fused-ring (bicyclic) bond motifs is 4. The topological polar surface area (TPSA) is 168 Å². The van der Waals surface area contributed by atoms with Crippen molar-refractivity contribution in [2.24, 2.45) is 0 Å². The molecule has 40 heavy (non-hydrogen) atoms. The summed E-state index contributed by atoms with van der Waals surface area (Å²) in [5.74, 6) is -1.21. The van der Waals surface area contributed by atoms with E-state index < -0.39 is 12.0 Å². The molecule has 4 aromatic rings. The average molecular weight is 559 g/mol. The number of H-pyrrole nitrogens is 1. The molecule has 1 atom stereocenters. The lowest BCUT2D eigenvalue weighted by Gasteiger charge is -2.14. The molecule has 13 heteroatoms. The first kappa shape index (κ1) is 26.5. The van der Waals surface area contributed by atoms with Crippen LogP contribution in [0.1, 0.15) is 47.1 Å². The largest absolute Gasteiger partial charge is 0.478 e. The number of rotatable bonds is 5. The standard InChI is InChI=1S/C27H23ClN8O4/c28-18-8-10-23(36-15-30-34-35-36)16(12-18)7-11-25(38)32-21-4-2-1-3-5-24(37)31-20-9-6-17(27(39)40)13-19(20)22-14-29-26(21)33-22/h1-2,6-15,21H,3-5H2,(H,29,33)(H,31,37)(H,32,38)(H,39,40)/t21-/m0/s1. The minimum atomic E-state index is -1.10. The predicted molar refractivity (Wildman–Crippen MR) is 147 cm³/mol. The molecule has 3 heterocycles. The summed E-state index contributed by atoms with van der Waals surface area (Å²) in [4.78, 5) is 44.7. The molecule has 0 radical (unpaired) electrons. The van der Waals surface area contributed by atoms with Gasteiger partial charge in [-0.1, -0.05) is 23.8 Å². The maximum Gasteiger partial charge on any atom is 0.335 e. The number of imidazole rings is 1. The monoisotopic (exact) mass is 558 g/mol. The Morgan fingerprint density at radius 1 is 1.18 bits per heavy atom. The first-order valence-corrected chi connectivity index (χ1v) is 12.6. The van der Waals surface area contributed by atoms with Crippen LogP contribution in [0.5, 0.6) is 0 Å². The van der Waals surface area contributed by atoms with Crippen molar-refractivity contribution in [3.63, 3.8) is 0 Å². The second kappa shape index (κ2) is 11.7. The van der Waals surface area contributed by atoms with E-state index in [-0.39, 0.29) is 23.8 Å². The van der Waals surface area contributed by atoms with E-state index >= 15 is 0 Å². The smallest absolute Gasteiger partial charge is 0.335 e. The first-order chi connectivity index (χ1) is 19.4. The van der Waals surface area contributed by atoms with Crippen molar-refractivity contribution < 1.29 is 19.5 Å². The lowest BCUT2D eigenvalue weighted by molar-refractivity contribution is -0.117. The van der Waals surface area contributed by atoms with Crippen LogP contribution < -0.4 is 10.6 Å². The number of aromatic amines is 1. The molecular weight excluding hydrogens is 536 g/mol. The third kappa shape index (κ3) is 6.13. The van der Waals surface area contributed by atoms with Crippen LogP contribution in [-0.2, 0) is 9.59 Å². The van der Waals surface area contributed by atoms with Gasteiger partial charge < -0.3 is 20.7 Å². The number of nitrogens with one attached hydrogen (secondary N) is 3. The molecule has 0 saturated carbocycles. The molecule has 2 bridgehead atoms. The second-order valence-corrected chi connectivity index (χ2v) is 9.33. The van der Waals surface area contributed by atoms with E-state index in [2.05, 4.69) is 36.1 Å². The Morgan fingerprint density at radius 2 is 2.05 bits per heavy atom. The highest BCUT2D eigenvalue weighted by Gasteiger charge is 2.20. The molecule has 5 rings (SSSR count). The van der Waals surface area contributed by atoms with Crippen LogP contribution in [0.25, 0.3) is 23.0 Å². The van der Waals surface area contributed by atoms with E-state index in [0.29, 0.717) is 51.9 Å². The number of hydrogen-bond acceptors (Lipinski definition) is 7. The normalized spacial score (nSPS) is 15.4. The zero-order valence-electron chi connectivity index (χ0n) is 20.9. The van der Waals surface area contributed by atoms with Gasteiger partial charge in [-0.2, -0.15) is 4.68 Å². The summed E-state index contributed by atoms with van der Waals surface area (Å²) >= 11 is 6.17. The third-order valence-electron chi connectivity index (χ3n) is 6.15. The molecule has 4 N–H and O–H groups in total. The Balaban J connectivity index is 1.43. The van der Waals surface area contributed by atoms with E-state index in [1.165, 1.54) is 29.2 Å². The van der Waals surface area contributed by atoms with Crippen LogP contribution in [0.3, 0.4) is 0 Å². The summed E-state index contributed by atoms with van der Waals surface area (Å²) in [7, 11) is 0. The van der Waals surface area contributed by atoms with Gasteiger partial charge in [0.25, 0.3) is 0 Å². The fourth-order valence-electron chi connectivity index (χ4n) is 4.20. The van der Waals surface area contributed by atoms with Crippen molar-refractivity contribution in [1.29, 1.82) is 0 Å². The summed E-state index contributed by atoms with van der Waals surface area (Å²) < 4.78 is 1.46. The third-order valence-corrected chi connectivity index (χ3v) is 6.38. The number of tetrazole rings is 1. The molecule has 0 aliphatic carbocycles. The molecule has 1 aliphatic rings.